The molecule has 0 spiro atoms. The maximum absolute atomic E-state index is 6.35. The molecule has 3 nitrogen and oxygen atoms in total. The van der Waals surface area contributed by atoms with Crippen LogP contribution >= 0.6 is 23.2 Å². The predicted octanol–water partition coefficient (Wildman–Crippen LogP) is 4.81. The molecular weight excluding hydrogens is 307 g/mol. The van der Waals surface area contributed by atoms with E-state index in [1.54, 1.807) is 6.07 Å². The number of aromatic nitrogens is 1. The Bertz CT molecular complexity index is 674. The van der Waals surface area contributed by atoms with Crippen molar-refractivity contribution in [1.29, 1.82) is 0 Å². The van der Waals surface area contributed by atoms with E-state index in [0.29, 0.717) is 21.6 Å². The second kappa shape index (κ2) is 6.12. The van der Waals surface area contributed by atoms with E-state index >= 15 is 0 Å². The van der Waals surface area contributed by atoms with E-state index < -0.39 is 0 Å². The van der Waals surface area contributed by atoms with Crippen LogP contribution in [0.1, 0.15) is 18.9 Å². The highest BCUT2D eigenvalue weighted by atomic mass is 35.5. The minimum absolute atomic E-state index is 0.524. The van der Waals surface area contributed by atoms with E-state index in [2.05, 4.69) is 16.4 Å². The molecule has 1 aromatic heterocycles. The second-order valence-electron chi connectivity index (χ2n) is 4.93. The summed E-state index contributed by atoms with van der Waals surface area (Å²) < 4.78 is 5.84. The second-order valence-corrected chi connectivity index (χ2v) is 5.74. The van der Waals surface area contributed by atoms with E-state index in [1.165, 1.54) is 5.56 Å². The lowest BCUT2D eigenvalue weighted by atomic mass is 10.0. The van der Waals surface area contributed by atoms with Crippen LogP contribution in [0.4, 0.5) is 5.82 Å². The Labute approximate surface area is 134 Å². The fourth-order valence-electron chi connectivity index (χ4n) is 2.52. The van der Waals surface area contributed by atoms with Crippen molar-refractivity contribution >= 4 is 29.0 Å². The summed E-state index contributed by atoms with van der Waals surface area (Å²) >= 11 is 12.5. The zero-order valence-electron chi connectivity index (χ0n) is 11.7. The molecule has 0 saturated heterocycles. The van der Waals surface area contributed by atoms with Crippen molar-refractivity contribution in [3.05, 3.63) is 39.9 Å². The number of nitrogens with zero attached hydrogens (tertiary/aromatic N) is 1. The Balaban J connectivity index is 2.14. The maximum atomic E-state index is 6.35. The van der Waals surface area contributed by atoms with E-state index in [4.69, 9.17) is 27.9 Å². The number of anilines is 1. The molecule has 3 rings (SSSR count). The van der Waals surface area contributed by atoms with Crippen LogP contribution in [0.15, 0.2) is 24.3 Å². The van der Waals surface area contributed by atoms with Gasteiger partial charge in [-0.05, 0) is 37.5 Å². The molecule has 1 aliphatic heterocycles. The molecule has 0 bridgehead atoms. The van der Waals surface area contributed by atoms with Crippen molar-refractivity contribution in [2.24, 2.45) is 0 Å². The zero-order chi connectivity index (χ0) is 14.8. The molecule has 0 aliphatic carbocycles. The molecule has 110 valence electrons. The van der Waals surface area contributed by atoms with Crippen LogP contribution in [0, 0.1) is 0 Å². The lowest BCUT2D eigenvalue weighted by Crippen LogP contribution is -2.10. The normalized spacial score (nSPS) is 13.5. The van der Waals surface area contributed by atoms with Crippen LogP contribution in [-0.2, 0) is 6.42 Å². The van der Waals surface area contributed by atoms with E-state index in [9.17, 15) is 0 Å². The molecule has 1 N–H and O–H groups in total. The quantitative estimate of drug-likeness (QED) is 0.880. The molecule has 0 unspecified atom stereocenters. The van der Waals surface area contributed by atoms with Crippen molar-refractivity contribution in [1.82, 2.24) is 4.98 Å². The summed E-state index contributed by atoms with van der Waals surface area (Å²) in [5, 5.41) is 4.21. The number of fused-ring (bicyclic) bond motifs is 1. The molecule has 0 atom stereocenters. The lowest BCUT2D eigenvalue weighted by Gasteiger charge is -2.21. The van der Waals surface area contributed by atoms with Gasteiger partial charge in [0.2, 0.25) is 0 Å². The number of para-hydroxylation sites is 1. The van der Waals surface area contributed by atoms with Gasteiger partial charge in [-0.2, -0.15) is 0 Å². The van der Waals surface area contributed by atoms with Crippen LogP contribution in [0.5, 0.6) is 5.75 Å². The number of ether oxygens (including phenoxy) is 1. The number of pyridine rings is 1. The van der Waals surface area contributed by atoms with Crippen molar-refractivity contribution < 1.29 is 4.74 Å². The van der Waals surface area contributed by atoms with Crippen LogP contribution < -0.4 is 10.1 Å². The van der Waals surface area contributed by atoms with Gasteiger partial charge in [-0.3, -0.25) is 0 Å². The minimum atomic E-state index is 0.524. The first kappa shape index (κ1) is 14.5. The van der Waals surface area contributed by atoms with E-state index in [1.807, 2.05) is 19.1 Å². The fourth-order valence-corrected chi connectivity index (χ4v) is 3.05. The summed E-state index contributed by atoms with van der Waals surface area (Å²) in [6.45, 7) is 3.48. The van der Waals surface area contributed by atoms with E-state index in [-0.39, 0.29) is 0 Å². The van der Waals surface area contributed by atoms with Crippen LogP contribution in [0.25, 0.3) is 11.3 Å². The molecule has 2 heterocycles. The largest absolute Gasteiger partial charge is 0.493 e. The number of halogens is 2. The highest BCUT2D eigenvalue weighted by Crippen LogP contribution is 2.40. The predicted molar refractivity (Wildman–Crippen MR) is 87.7 cm³/mol. The third-order valence-electron chi connectivity index (χ3n) is 3.46. The SMILES string of the molecule is CCNc1nc(-c2cccc3c2OCCC3)c(Cl)cc1Cl. The first-order valence-corrected chi connectivity index (χ1v) is 7.81. The molecule has 21 heavy (non-hydrogen) atoms. The summed E-state index contributed by atoms with van der Waals surface area (Å²) in [5.74, 6) is 1.54. The maximum Gasteiger partial charge on any atom is 0.145 e. The lowest BCUT2D eigenvalue weighted by molar-refractivity contribution is 0.289. The number of benzene rings is 1. The summed E-state index contributed by atoms with van der Waals surface area (Å²) in [6, 6.07) is 7.82. The monoisotopic (exact) mass is 322 g/mol. The zero-order valence-corrected chi connectivity index (χ0v) is 13.3. The third kappa shape index (κ3) is 2.81. The van der Waals surface area contributed by atoms with Gasteiger partial charge in [0.15, 0.2) is 0 Å². The van der Waals surface area contributed by atoms with Gasteiger partial charge in [-0.1, -0.05) is 35.3 Å². The molecule has 1 aromatic carbocycles. The number of aryl methyl sites for hydroxylation is 1. The van der Waals surface area contributed by atoms with E-state index in [0.717, 1.165) is 37.3 Å². The smallest absolute Gasteiger partial charge is 0.145 e. The summed E-state index contributed by atoms with van der Waals surface area (Å²) in [6.07, 6.45) is 2.06. The van der Waals surface area contributed by atoms with Crippen molar-refractivity contribution in [3.63, 3.8) is 0 Å². The van der Waals surface area contributed by atoms with Crippen LogP contribution in [0.2, 0.25) is 10.0 Å². The fraction of sp³-hybridized carbons (Fsp3) is 0.312. The molecule has 1 aliphatic rings. The molecule has 0 saturated carbocycles. The van der Waals surface area contributed by atoms with Gasteiger partial charge in [0.1, 0.15) is 11.6 Å². The minimum Gasteiger partial charge on any atom is -0.493 e. The van der Waals surface area contributed by atoms with Crippen LogP contribution in [0.3, 0.4) is 0 Å². The number of rotatable bonds is 3. The van der Waals surface area contributed by atoms with Gasteiger partial charge in [0, 0.05) is 12.1 Å². The Morgan fingerprint density at radius 2 is 2.14 bits per heavy atom. The first-order valence-electron chi connectivity index (χ1n) is 7.05. The van der Waals surface area contributed by atoms with Crippen molar-refractivity contribution in [3.8, 4) is 17.0 Å². The Morgan fingerprint density at radius 3 is 2.95 bits per heavy atom. The van der Waals surface area contributed by atoms with Crippen molar-refractivity contribution in [2.75, 3.05) is 18.5 Å². The topological polar surface area (TPSA) is 34.2 Å². The molecule has 0 radical (unpaired) electrons. The molecule has 0 fully saturated rings. The first-order chi connectivity index (χ1) is 10.2. The third-order valence-corrected chi connectivity index (χ3v) is 4.04. The van der Waals surface area contributed by atoms with Crippen molar-refractivity contribution in [2.45, 2.75) is 19.8 Å². The summed E-state index contributed by atoms with van der Waals surface area (Å²) in [5.41, 5.74) is 2.83. The number of hydrogen-bond acceptors (Lipinski definition) is 3. The van der Waals surface area contributed by atoms with Gasteiger partial charge < -0.3 is 10.1 Å². The Hall–Kier alpha value is -1.45. The number of hydrogen-bond donors (Lipinski definition) is 1. The van der Waals surface area contributed by atoms with Crippen LogP contribution in [-0.4, -0.2) is 18.1 Å². The molecular formula is C16H16Cl2N2O. The average molecular weight is 323 g/mol. The molecule has 5 heteroatoms. The average Bonchev–Trinajstić information content (AvgIpc) is 2.50. The standard InChI is InChI=1S/C16H16Cl2N2O/c1-2-19-16-13(18)9-12(17)14(20-16)11-7-3-5-10-6-4-8-21-15(10)11/h3,5,7,9H,2,4,6,8H2,1H3,(H,19,20). The highest BCUT2D eigenvalue weighted by Gasteiger charge is 2.19. The van der Waals surface area contributed by atoms with Gasteiger partial charge in [0.25, 0.3) is 0 Å². The van der Waals surface area contributed by atoms with Gasteiger partial charge >= 0.3 is 0 Å². The van der Waals surface area contributed by atoms with Gasteiger partial charge in [-0.15, -0.1) is 0 Å². The van der Waals surface area contributed by atoms with Gasteiger partial charge in [-0.25, -0.2) is 4.98 Å². The highest BCUT2D eigenvalue weighted by molar-refractivity contribution is 6.37. The molecule has 0 amide bonds. The summed E-state index contributed by atoms with van der Waals surface area (Å²) in [7, 11) is 0. The molecule has 2 aromatic rings. The summed E-state index contributed by atoms with van der Waals surface area (Å²) in [4.78, 5) is 4.58. The Morgan fingerprint density at radius 1 is 1.29 bits per heavy atom. The number of nitrogens with one attached hydrogen (secondary N) is 1. The van der Waals surface area contributed by atoms with Gasteiger partial charge in [0.05, 0.1) is 22.3 Å². The Kier molecular flexibility index (Phi) is 4.22.